The number of hydrogen-bond acceptors (Lipinski definition) is 5. The molecule has 2 aliphatic heterocycles. The number of piperazine rings is 1. The van der Waals surface area contributed by atoms with Gasteiger partial charge in [-0.1, -0.05) is 6.92 Å². The number of likely N-dealkylation sites (N-methyl/N-ethyl adjacent to an activating group) is 1. The van der Waals surface area contributed by atoms with Crippen LogP contribution in [0.4, 0.5) is 0 Å². The van der Waals surface area contributed by atoms with Gasteiger partial charge in [-0.05, 0) is 19.5 Å². The molecule has 3 N–H and O–H groups in total. The Bertz CT molecular complexity index is 292. The van der Waals surface area contributed by atoms with Crippen LogP contribution in [-0.2, 0) is 4.79 Å². The number of hydrogen-bond donors (Lipinski definition) is 3. The van der Waals surface area contributed by atoms with E-state index in [4.69, 9.17) is 0 Å². The summed E-state index contributed by atoms with van der Waals surface area (Å²) >= 11 is 0. The van der Waals surface area contributed by atoms with E-state index in [2.05, 4.69) is 27.4 Å². The maximum Gasteiger partial charge on any atom is 0.234 e. The maximum absolute atomic E-state index is 12.0. The largest absolute Gasteiger partial charge is 0.390 e. The first kappa shape index (κ1) is 14.7. The molecule has 2 atom stereocenters. The topological polar surface area (TPSA) is 67.8 Å². The monoisotopic (exact) mass is 270 g/mol. The van der Waals surface area contributed by atoms with Crippen molar-refractivity contribution in [1.29, 1.82) is 0 Å². The molecule has 2 rings (SSSR count). The third-order valence-electron chi connectivity index (χ3n) is 4.08. The number of nitrogens with zero attached hydrogens (tertiary/aromatic N) is 2. The standard InChI is InChI=1S/C13H26N4O2/c1-2-16-5-7-17(8-6-16)10-13(19)15-11-3-4-14-9-12(11)18/h11-12,14,18H,2-10H2,1H3,(H,15,19)/t11-,12-/m1/s1. The second-order valence-electron chi connectivity index (χ2n) is 5.44. The Morgan fingerprint density at radius 1 is 1.32 bits per heavy atom. The Balaban J connectivity index is 1.69. The second kappa shape index (κ2) is 7.19. The molecule has 0 unspecified atom stereocenters. The zero-order valence-corrected chi connectivity index (χ0v) is 11.8. The van der Waals surface area contributed by atoms with Crippen molar-refractivity contribution in [3.63, 3.8) is 0 Å². The van der Waals surface area contributed by atoms with Crippen LogP contribution in [-0.4, -0.2) is 85.3 Å². The first-order chi connectivity index (χ1) is 9.19. The molecule has 0 aromatic carbocycles. The van der Waals surface area contributed by atoms with Crippen LogP contribution >= 0.6 is 0 Å². The molecule has 0 radical (unpaired) electrons. The molecule has 0 aliphatic carbocycles. The van der Waals surface area contributed by atoms with Crippen LogP contribution in [0, 0.1) is 0 Å². The van der Waals surface area contributed by atoms with Crippen LogP contribution in [0.1, 0.15) is 13.3 Å². The van der Waals surface area contributed by atoms with Gasteiger partial charge in [0.1, 0.15) is 0 Å². The van der Waals surface area contributed by atoms with Crippen molar-refractivity contribution in [2.45, 2.75) is 25.5 Å². The maximum atomic E-state index is 12.0. The Hall–Kier alpha value is -0.690. The van der Waals surface area contributed by atoms with Gasteiger partial charge in [-0.2, -0.15) is 0 Å². The highest BCUT2D eigenvalue weighted by atomic mass is 16.3. The highest BCUT2D eigenvalue weighted by Gasteiger charge is 2.25. The number of aliphatic hydroxyl groups excluding tert-OH is 1. The van der Waals surface area contributed by atoms with Crippen molar-refractivity contribution in [2.24, 2.45) is 0 Å². The summed E-state index contributed by atoms with van der Waals surface area (Å²) in [5.74, 6) is 0.0379. The Kier molecular flexibility index (Phi) is 5.57. The molecule has 6 nitrogen and oxygen atoms in total. The molecular formula is C13H26N4O2. The van der Waals surface area contributed by atoms with Crippen LogP contribution in [0.2, 0.25) is 0 Å². The first-order valence-corrected chi connectivity index (χ1v) is 7.32. The minimum atomic E-state index is -0.463. The lowest BCUT2D eigenvalue weighted by molar-refractivity contribution is -0.124. The van der Waals surface area contributed by atoms with E-state index < -0.39 is 6.10 Å². The molecule has 19 heavy (non-hydrogen) atoms. The van der Waals surface area contributed by atoms with Gasteiger partial charge in [0.05, 0.1) is 18.7 Å². The number of carbonyl (C=O) groups is 1. The third-order valence-corrected chi connectivity index (χ3v) is 4.08. The van der Waals surface area contributed by atoms with Crippen molar-refractivity contribution in [1.82, 2.24) is 20.4 Å². The summed E-state index contributed by atoms with van der Waals surface area (Å²) in [7, 11) is 0. The molecule has 2 heterocycles. The van der Waals surface area contributed by atoms with E-state index in [9.17, 15) is 9.90 Å². The highest BCUT2D eigenvalue weighted by Crippen LogP contribution is 2.04. The number of nitrogens with one attached hydrogen (secondary N) is 2. The first-order valence-electron chi connectivity index (χ1n) is 7.32. The van der Waals surface area contributed by atoms with Gasteiger partial charge in [-0.15, -0.1) is 0 Å². The number of amides is 1. The van der Waals surface area contributed by atoms with E-state index in [1.807, 2.05) is 0 Å². The minimum absolute atomic E-state index is 0.0379. The summed E-state index contributed by atoms with van der Waals surface area (Å²) < 4.78 is 0. The third kappa shape index (κ3) is 4.42. The van der Waals surface area contributed by atoms with Gasteiger partial charge in [0.25, 0.3) is 0 Å². The fraction of sp³-hybridized carbons (Fsp3) is 0.923. The summed E-state index contributed by atoms with van der Waals surface area (Å²) in [5, 5.41) is 15.9. The molecule has 0 bridgehead atoms. The minimum Gasteiger partial charge on any atom is -0.390 e. The summed E-state index contributed by atoms with van der Waals surface area (Å²) in [4.78, 5) is 16.6. The molecule has 0 saturated carbocycles. The lowest BCUT2D eigenvalue weighted by Crippen LogP contribution is -2.55. The number of carbonyl (C=O) groups excluding carboxylic acids is 1. The van der Waals surface area contributed by atoms with Crippen LogP contribution in [0.15, 0.2) is 0 Å². The normalized spacial score (nSPS) is 30.2. The van der Waals surface area contributed by atoms with Gasteiger partial charge < -0.3 is 20.6 Å². The van der Waals surface area contributed by atoms with Gasteiger partial charge in [0.2, 0.25) is 5.91 Å². The average Bonchev–Trinajstić information content (AvgIpc) is 2.42. The van der Waals surface area contributed by atoms with Crippen LogP contribution < -0.4 is 10.6 Å². The van der Waals surface area contributed by atoms with Gasteiger partial charge >= 0.3 is 0 Å². The fourth-order valence-corrected chi connectivity index (χ4v) is 2.73. The zero-order valence-electron chi connectivity index (χ0n) is 11.8. The quantitative estimate of drug-likeness (QED) is 0.578. The molecule has 6 heteroatoms. The lowest BCUT2D eigenvalue weighted by atomic mass is 10.0. The van der Waals surface area contributed by atoms with E-state index in [0.717, 1.165) is 45.7 Å². The van der Waals surface area contributed by atoms with Gasteiger partial charge in [-0.3, -0.25) is 9.69 Å². The SMILES string of the molecule is CCN1CCN(CC(=O)N[C@@H]2CCNC[C@H]2O)CC1. The summed E-state index contributed by atoms with van der Waals surface area (Å²) in [6.07, 6.45) is 0.339. The summed E-state index contributed by atoms with van der Waals surface area (Å²) in [6, 6.07) is -0.0920. The van der Waals surface area contributed by atoms with E-state index in [1.165, 1.54) is 0 Å². The van der Waals surface area contributed by atoms with Crippen molar-refractivity contribution in [3.05, 3.63) is 0 Å². The molecule has 1 amide bonds. The van der Waals surface area contributed by atoms with Crippen LogP contribution in [0.25, 0.3) is 0 Å². The molecule has 0 spiro atoms. The number of β-amino-alcohol motifs (C(OH)–C–C–N with tert-alkyl or cyclic N) is 1. The molecule has 0 aromatic rings. The predicted molar refractivity (Wildman–Crippen MR) is 74.0 cm³/mol. The van der Waals surface area contributed by atoms with Crippen molar-refractivity contribution in [3.8, 4) is 0 Å². The smallest absolute Gasteiger partial charge is 0.234 e. The van der Waals surface area contributed by atoms with E-state index in [0.29, 0.717) is 13.1 Å². The van der Waals surface area contributed by atoms with Gasteiger partial charge in [0, 0.05) is 32.7 Å². The average molecular weight is 270 g/mol. The summed E-state index contributed by atoms with van der Waals surface area (Å²) in [5.41, 5.74) is 0. The van der Waals surface area contributed by atoms with E-state index in [-0.39, 0.29) is 11.9 Å². The Morgan fingerprint density at radius 3 is 2.63 bits per heavy atom. The highest BCUT2D eigenvalue weighted by molar-refractivity contribution is 5.78. The zero-order chi connectivity index (χ0) is 13.7. The predicted octanol–water partition coefficient (Wildman–Crippen LogP) is -1.54. The fourth-order valence-electron chi connectivity index (χ4n) is 2.73. The molecule has 0 aromatic heterocycles. The Morgan fingerprint density at radius 2 is 2.00 bits per heavy atom. The van der Waals surface area contributed by atoms with Gasteiger partial charge in [0.15, 0.2) is 0 Å². The molecule has 2 aliphatic rings. The molecule has 2 fully saturated rings. The number of aliphatic hydroxyl groups is 1. The van der Waals surface area contributed by atoms with Gasteiger partial charge in [-0.25, -0.2) is 0 Å². The lowest BCUT2D eigenvalue weighted by Gasteiger charge is -2.34. The molecule has 2 saturated heterocycles. The van der Waals surface area contributed by atoms with Crippen molar-refractivity contribution < 1.29 is 9.90 Å². The van der Waals surface area contributed by atoms with Crippen LogP contribution in [0.3, 0.4) is 0 Å². The van der Waals surface area contributed by atoms with E-state index in [1.54, 1.807) is 0 Å². The molecular weight excluding hydrogens is 244 g/mol. The van der Waals surface area contributed by atoms with Crippen molar-refractivity contribution >= 4 is 5.91 Å². The second-order valence-corrected chi connectivity index (χ2v) is 5.44. The summed E-state index contributed by atoms with van der Waals surface area (Å²) in [6.45, 7) is 9.12. The number of rotatable bonds is 4. The van der Waals surface area contributed by atoms with E-state index >= 15 is 0 Å². The van der Waals surface area contributed by atoms with Crippen LogP contribution in [0.5, 0.6) is 0 Å². The number of piperidine rings is 1. The van der Waals surface area contributed by atoms with Crippen molar-refractivity contribution in [2.75, 3.05) is 52.4 Å². The molecule has 110 valence electrons. The Labute approximate surface area is 115 Å².